The number of alkyl halides is 3. The molecule has 0 N–H and O–H groups in total. The lowest BCUT2D eigenvalue weighted by Crippen LogP contribution is -2.17. The molecule has 3 aromatic rings. The summed E-state index contributed by atoms with van der Waals surface area (Å²) in [6, 6.07) is 5.32. The average Bonchev–Trinajstić information content (AvgIpc) is 2.81. The maximum Gasteiger partial charge on any atom is 0.573 e. The monoisotopic (exact) mass is 314 g/mol. The van der Waals surface area contributed by atoms with E-state index in [1.807, 2.05) is 0 Å². The number of hydrogen-bond acceptors (Lipinski definition) is 4. The second-order valence-corrected chi connectivity index (χ2v) is 4.34. The zero-order valence-electron chi connectivity index (χ0n) is 10.2. The maximum absolute atomic E-state index is 12.1. The Hall–Kier alpha value is -2.35. The zero-order valence-corrected chi connectivity index (χ0v) is 10.9. The van der Waals surface area contributed by atoms with E-state index in [9.17, 15) is 13.2 Å². The van der Waals surface area contributed by atoms with Gasteiger partial charge in [0.15, 0.2) is 5.65 Å². The number of aromatic nitrogens is 4. The normalized spacial score (nSPS) is 11.8. The molecule has 0 aliphatic carbocycles. The van der Waals surface area contributed by atoms with Crippen LogP contribution in [0.15, 0.2) is 36.8 Å². The molecule has 21 heavy (non-hydrogen) atoms. The summed E-state index contributed by atoms with van der Waals surface area (Å²) in [6.45, 7) is 0. The van der Waals surface area contributed by atoms with E-state index >= 15 is 0 Å². The smallest absolute Gasteiger partial charge is 0.406 e. The molecule has 0 amide bonds. The predicted octanol–water partition coefficient (Wildman–Crippen LogP) is 3.37. The van der Waals surface area contributed by atoms with Crippen molar-refractivity contribution in [2.24, 2.45) is 0 Å². The first kappa shape index (κ1) is 13.6. The first-order chi connectivity index (χ1) is 9.92. The number of fused-ring (bicyclic) bond motifs is 1. The van der Waals surface area contributed by atoms with Crippen LogP contribution in [0.4, 0.5) is 13.2 Å². The number of benzene rings is 1. The lowest BCUT2D eigenvalue weighted by molar-refractivity contribution is -0.274. The third-order valence-electron chi connectivity index (χ3n) is 2.61. The Morgan fingerprint density at radius 3 is 2.48 bits per heavy atom. The molecule has 9 heteroatoms. The Kier molecular flexibility index (Phi) is 3.17. The van der Waals surface area contributed by atoms with E-state index in [0.29, 0.717) is 16.9 Å². The summed E-state index contributed by atoms with van der Waals surface area (Å²) in [7, 11) is 0. The number of hydrogen-bond donors (Lipinski definition) is 0. The quantitative estimate of drug-likeness (QED) is 0.681. The van der Waals surface area contributed by atoms with Crippen molar-refractivity contribution in [2.75, 3.05) is 0 Å². The molecular formula is C12H6ClF3N4O. The fourth-order valence-corrected chi connectivity index (χ4v) is 1.91. The Morgan fingerprint density at radius 2 is 1.81 bits per heavy atom. The van der Waals surface area contributed by atoms with Gasteiger partial charge in [-0.15, -0.1) is 13.2 Å². The first-order valence-electron chi connectivity index (χ1n) is 5.64. The van der Waals surface area contributed by atoms with E-state index in [2.05, 4.69) is 19.7 Å². The van der Waals surface area contributed by atoms with Crippen LogP contribution in [0.2, 0.25) is 5.28 Å². The summed E-state index contributed by atoms with van der Waals surface area (Å²) in [5, 5.41) is 0.0567. The van der Waals surface area contributed by atoms with Gasteiger partial charge in [0, 0.05) is 5.69 Å². The molecule has 2 heterocycles. The number of nitrogens with zero attached hydrogens (tertiary/aromatic N) is 4. The molecule has 0 aliphatic heterocycles. The maximum atomic E-state index is 12.1. The highest BCUT2D eigenvalue weighted by molar-refractivity contribution is 6.28. The minimum Gasteiger partial charge on any atom is -0.406 e. The van der Waals surface area contributed by atoms with Gasteiger partial charge in [-0.1, -0.05) is 0 Å². The fraction of sp³-hybridized carbons (Fsp3) is 0.0833. The van der Waals surface area contributed by atoms with E-state index in [0.717, 1.165) is 0 Å². The summed E-state index contributed by atoms with van der Waals surface area (Å²) in [6.07, 6.45) is -1.78. The van der Waals surface area contributed by atoms with Gasteiger partial charge in [0.1, 0.15) is 17.6 Å². The van der Waals surface area contributed by atoms with Crippen LogP contribution < -0.4 is 4.74 Å². The van der Waals surface area contributed by atoms with E-state index < -0.39 is 6.36 Å². The van der Waals surface area contributed by atoms with Crippen molar-refractivity contribution in [3.05, 3.63) is 42.1 Å². The van der Waals surface area contributed by atoms with Crippen molar-refractivity contribution in [1.82, 2.24) is 19.5 Å². The molecule has 2 aromatic heterocycles. The highest BCUT2D eigenvalue weighted by Gasteiger charge is 2.30. The van der Waals surface area contributed by atoms with E-state index in [4.69, 9.17) is 11.6 Å². The van der Waals surface area contributed by atoms with Gasteiger partial charge in [0.2, 0.25) is 5.28 Å². The lowest BCUT2D eigenvalue weighted by Gasteiger charge is -2.09. The molecule has 0 spiro atoms. The van der Waals surface area contributed by atoms with Gasteiger partial charge in [0.25, 0.3) is 0 Å². The largest absolute Gasteiger partial charge is 0.573 e. The first-order valence-corrected chi connectivity index (χ1v) is 6.02. The number of halogens is 4. The third-order valence-corrected chi connectivity index (χ3v) is 2.79. The third kappa shape index (κ3) is 2.89. The molecule has 5 nitrogen and oxygen atoms in total. The number of ether oxygens (including phenoxy) is 1. The molecule has 1 aromatic carbocycles. The fourth-order valence-electron chi connectivity index (χ4n) is 1.79. The Balaban J connectivity index is 1.97. The van der Waals surface area contributed by atoms with Crippen molar-refractivity contribution >= 4 is 22.8 Å². The minimum atomic E-state index is -4.72. The van der Waals surface area contributed by atoms with Crippen LogP contribution in [0.25, 0.3) is 16.9 Å². The van der Waals surface area contributed by atoms with Gasteiger partial charge >= 0.3 is 6.36 Å². The standard InChI is InChI=1S/C12H6ClF3N4O/c13-11-17-5-9-10(19-11)20(6-18-9)7-1-3-8(4-2-7)21-12(14,15)16/h1-6H. The Morgan fingerprint density at radius 1 is 1.10 bits per heavy atom. The van der Waals surface area contributed by atoms with Crippen LogP contribution in [0, 0.1) is 0 Å². The van der Waals surface area contributed by atoms with Crippen LogP contribution in [0.1, 0.15) is 0 Å². The van der Waals surface area contributed by atoms with Crippen molar-refractivity contribution < 1.29 is 17.9 Å². The van der Waals surface area contributed by atoms with Crippen LogP contribution in [-0.4, -0.2) is 25.9 Å². The molecule has 0 radical (unpaired) electrons. The number of imidazole rings is 1. The second-order valence-electron chi connectivity index (χ2n) is 4.00. The van der Waals surface area contributed by atoms with Gasteiger partial charge in [0.05, 0.1) is 6.20 Å². The van der Waals surface area contributed by atoms with Crippen molar-refractivity contribution in [3.63, 3.8) is 0 Å². The summed E-state index contributed by atoms with van der Waals surface area (Å²) in [5.41, 5.74) is 1.55. The van der Waals surface area contributed by atoms with E-state index in [-0.39, 0.29) is 11.0 Å². The molecule has 0 unspecified atom stereocenters. The summed E-state index contributed by atoms with van der Waals surface area (Å²) >= 11 is 5.72. The molecule has 0 bridgehead atoms. The van der Waals surface area contributed by atoms with Gasteiger partial charge in [-0.25, -0.2) is 9.97 Å². The van der Waals surface area contributed by atoms with E-state index in [1.165, 1.54) is 36.8 Å². The molecular weight excluding hydrogens is 309 g/mol. The molecule has 108 valence electrons. The molecule has 0 fully saturated rings. The van der Waals surface area contributed by atoms with Crippen molar-refractivity contribution in [1.29, 1.82) is 0 Å². The van der Waals surface area contributed by atoms with Gasteiger partial charge in [-0.05, 0) is 35.9 Å². The lowest BCUT2D eigenvalue weighted by atomic mass is 10.3. The zero-order chi connectivity index (χ0) is 15.0. The van der Waals surface area contributed by atoms with Crippen molar-refractivity contribution in [2.45, 2.75) is 6.36 Å². The van der Waals surface area contributed by atoms with Crippen molar-refractivity contribution in [3.8, 4) is 11.4 Å². The van der Waals surface area contributed by atoms with Gasteiger partial charge in [-0.3, -0.25) is 4.57 Å². The topological polar surface area (TPSA) is 52.8 Å². The highest BCUT2D eigenvalue weighted by Crippen LogP contribution is 2.24. The van der Waals surface area contributed by atoms with Gasteiger partial charge < -0.3 is 4.74 Å². The molecule has 0 saturated carbocycles. The summed E-state index contributed by atoms with van der Waals surface area (Å²) in [5.74, 6) is -0.302. The summed E-state index contributed by atoms with van der Waals surface area (Å²) < 4.78 is 41.7. The molecule has 3 rings (SSSR count). The minimum absolute atomic E-state index is 0.0567. The average molecular weight is 315 g/mol. The molecule has 0 aliphatic rings. The van der Waals surface area contributed by atoms with Crippen LogP contribution in [0.3, 0.4) is 0 Å². The Labute approximate surface area is 121 Å². The number of rotatable bonds is 2. The second kappa shape index (κ2) is 4.88. The van der Waals surface area contributed by atoms with Crippen LogP contribution >= 0.6 is 11.6 Å². The Bertz CT molecular complexity index is 785. The summed E-state index contributed by atoms with van der Waals surface area (Å²) in [4.78, 5) is 11.9. The van der Waals surface area contributed by atoms with Gasteiger partial charge in [-0.2, -0.15) is 4.98 Å². The highest BCUT2D eigenvalue weighted by atomic mass is 35.5. The molecule has 0 atom stereocenters. The predicted molar refractivity (Wildman–Crippen MR) is 68.4 cm³/mol. The van der Waals surface area contributed by atoms with E-state index in [1.54, 1.807) is 4.57 Å². The molecule has 0 saturated heterocycles. The van der Waals surface area contributed by atoms with Crippen LogP contribution in [0.5, 0.6) is 5.75 Å². The van der Waals surface area contributed by atoms with Crippen LogP contribution in [-0.2, 0) is 0 Å². The SMILES string of the molecule is FC(F)(F)Oc1ccc(-n2cnc3cnc(Cl)nc32)cc1.